The third kappa shape index (κ3) is 1.88. The number of benzene rings is 1. The van der Waals surface area contributed by atoms with E-state index in [1.165, 1.54) is 10.5 Å². The molecule has 0 spiro atoms. The van der Waals surface area contributed by atoms with E-state index in [1.807, 2.05) is 36.5 Å². The van der Waals surface area contributed by atoms with E-state index in [4.69, 9.17) is 5.11 Å². The van der Waals surface area contributed by atoms with Crippen LogP contribution in [0, 0.1) is 6.92 Å². The van der Waals surface area contributed by atoms with E-state index in [2.05, 4.69) is 6.26 Å². The maximum absolute atomic E-state index is 11.0. The van der Waals surface area contributed by atoms with Crippen LogP contribution in [0.3, 0.4) is 0 Å². The van der Waals surface area contributed by atoms with Gasteiger partial charge in [-0.15, -0.1) is 11.8 Å². The van der Waals surface area contributed by atoms with Gasteiger partial charge in [-0.25, -0.2) is 4.79 Å². The standard InChI is InChI=1S/C11H12O2S2/c1-6-7(11(12)13)3-4-9-8(6)5-10(14-2)15-9/h3-4,10H,5H2,1-2H3,(H,12,13). The van der Waals surface area contributed by atoms with Gasteiger partial charge >= 0.3 is 5.97 Å². The quantitative estimate of drug-likeness (QED) is 0.862. The zero-order valence-electron chi connectivity index (χ0n) is 8.61. The first-order valence-corrected chi connectivity index (χ1v) is 6.85. The van der Waals surface area contributed by atoms with Gasteiger partial charge in [0.2, 0.25) is 0 Å². The second kappa shape index (κ2) is 4.10. The molecule has 0 bridgehead atoms. The molecule has 0 amide bonds. The Morgan fingerprint density at radius 3 is 2.93 bits per heavy atom. The van der Waals surface area contributed by atoms with Gasteiger partial charge in [-0.2, -0.15) is 11.8 Å². The molecule has 1 atom stereocenters. The van der Waals surface area contributed by atoms with E-state index >= 15 is 0 Å². The number of hydrogen-bond donors (Lipinski definition) is 1. The van der Waals surface area contributed by atoms with E-state index < -0.39 is 5.97 Å². The van der Waals surface area contributed by atoms with Crippen molar-refractivity contribution < 1.29 is 9.90 Å². The van der Waals surface area contributed by atoms with Gasteiger partial charge in [0, 0.05) is 4.90 Å². The van der Waals surface area contributed by atoms with Crippen molar-refractivity contribution in [1.29, 1.82) is 0 Å². The summed E-state index contributed by atoms with van der Waals surface area (Å²) in [5.74, 6) is -0.826. The number of fused-ring (bicyclic) bond motifs is 1. The highest BCUT2D eigenvalue weighted by Crippen LogP contribution is 2.43. The molecule has 0 aliphatic carbocycles. The zero-order valence-corrected chi connectivity index (χ0v) is 10.2. The first-order valence-electron chi connectivity index (χ1n) is 4.68. The minimum atomic E-state index is -0.826. The molecule has 80 valence electrons. The van der Waals surface area contributed by atoms with Crippen molar-refractivity contribution in [3.05, 3.63) is 28.8 Å². The van der Waals surface area contributed by atoms with Gasteiger partial charge in [-0.1, -0.05) is 0 Å². The van der Waals surface area contributed by atoms with Gasteiger partial charge in [-0.05, 0) is 42.9 Å². The fourth-order valence-electron chi connectivity index (χ4n) is 1.81. The Balaban J connectivity index is 2.44. The predicted molar refractivity (Wildman–Crippen MR) is 65.0 cm³/mol. The highest BCUT2D eigenvalue weighted by Gasteiger charge is 2.25. The second-order valence-corrected chi connectivity index (χ2v) is 6.09. The number of carbonyl (C=O) groups is 1. The van der Waals surface area contributed by atoms with Crippen LogP contribution < -0.4 is 0 Å². The maximum atomic E-state index is 11.0. The van der Waals surface area contributed by atoms with Crippen LogP contribution in [0.4, 0.5) is 0 Å². The average molecular weight is 240 g/mol. The van der Waals surface area contributed by atoms with E-state index in [1.54, 1.807) is 6.07 Å². The molecule has 0 saturated carbocycles. The van der Waals surface area contributed by atoms with Crippen LogP contribution in [0.5, 0.6) is 0 Å². The molecule has 1 aliphatic heterocycles. The Morgan fingerprint density at radius 2 is 2.33 bits per heavy atom. The highest BCUT2D eigenvalue weighted by atomic mass is 32.2. The Morgan fingerprint density at radius 1 is 1.60 bits per heavy atom. The maximum Gasteiger partial charge on any atom is 0.335 e. The van der Waals surface area contributed by atoms with Gasteiger partial charge in [-0.3, -0.25) is 0 Å². The van der Waals surface area contributed by atoms with Crippen molar-refractivity contribution in [2.75, 3.05) is 6.26 Å². The van der Waals surface area contributed by atoms with E-state index in [-0.39, 0.29) is 0 Å². The molecule has 0 aromatic heterocycles. The van der Waals surface area contributed by atoms with Crippen LogP contribution in [-0.4, -0.2) is 21.9 Å². The molecule has 1 heterocycles. The van der Waals surface area contributed by atoms with E-state index in [0.29, 0.717) is 10.1 Å². The Labute approximate surface area is 97.5 Å². The third-order valence-corrected chi connectivity index (χ3v) is 5.30. The lowest BCUT2D eigenvalue weighted by Gasteiger charge is -2.06. The lowest BCUT2D eigenvalue weighted by molar-refractivity contribution is 0.0696. The smallest absolute Gasteiger partial charge is 0.335 e. The van der Waals surface area contributed by atoms with Crippen LogP contribution in [0.25, 0.3) is 0 Å². The van der Waals surface area contributed by atoms with Gasteiger partial charge < -0.3 is 5.11 Å². The topological polar surface area (TPSA) is 37.3 Å². The van der Waals surface area contributed by atoms with Crippen molar-refractivity contribution in [3.8, 4) is 0 Å². The molecule has 15 heavy (non-hydrogen) atoms. The minimum absolute atomic E-state index is 0.441. The van der Waals surface area contributed by atoms with Crippen molar-refractivity contribution in [2.24, 2.45) is 0 Å². The largest absolute Gasteiger partial charge is 0.478 e. The molecule has 2 nitrogen and oxygen atoms in total. The van der Waals surface area contributed by atoms with Crippen LogP contribution in [0.2, 0.25) is 0 Å². The Bertz CT molecular complexity index is 415. The number of carboxylic acids is 1. The van der Waals surface area contributed by atoms with Crippen LogP contribution in [-0.2, 0) is 6.42 Å². The molecule has 1 aromatic rings. The normalized spacial score (nSPS) is 18.9. The summed E-state index contributed by atoms with van der Waals surface area (Å²) in [6, 6.07) is 3.65. The van der Waals surface area contributed by atoms with Crippen molar-refractivity contribution in [1.82, 2.24) is 0 Å². The van der Waals surface area contributed by atoms with Gasteiger partial charge in [0.15, 0.2) is 0 Å². The molecule has 0 saturated heterocycles. The fraction of sp³-hybridized carbons (Fsp3) is 0.364. The summed E-state index contributed by atoms with van der Waals surface area (Å²) in [5.41, 5.74) is 2.60. The zero-order chi connectivity index (χ0) is 11.0. The van der Waals surface area contributed by atoms with Crippen molar-refractivity contribution >= 4 is 29.5 Å². The van der Waals surface area contributed by atoms with Crippen molar-refractivity contribution in [3.63, 3.8) is 0 Å². The van der Waals surface area contributed by atoms with Gasteiger partial charge in [0.1, 0.15) is 0 Å². The van der Waals surface area contributed by atoms with Crippen LogP contribution in [0.15, 0.2) is 17.0 Å². The second-order valence-electron chi connectivity index (χ2n) is 3.51. The average Bonchev–Trinajstić information content (AvgIpc) is 2.61. The molecule has 1 unspecified atom stereocenters. The molecule has 1 aromatic carbocycles. The third-order valence-electron chi connectivity index (χ3n) is 2.68. The summed E-state index contributed by atoms with van der Waals surface area (Å²) in [6.07, 6.45) is 3.07. The summed E-state index contributed by atoms with van der Waals surface area (Å²) in [4.78, 5) is 12.2. The number of carboxylic acid groups (broad SMARTS) is 1. The Kier molecular flexibility index (Phi) is 2.98. The molecule has 1 N–H and O–H groups in total. The monoisotopic (exact) mass is 240 g/mol. The number of aromatic carboxylic acids is 1. The SMILES string of the molecule is CSC1Cc2c(ccc(C(=O)O)c2C)S1. The summed E-state index contributed by atoms with van der Waals surface area (Å²) < 4.78 is 0.544. The number of rotatable bonds is 2. The lowest BCUT2D eigenvalue weighted by atomic mass is 10.0. The molecule has 0 fully saturated rings. The molecular weight excluding hydrogens is 228 g/mol. The van der Waals surface area contributed by atoms with Crippen LogP contribution in [0.1, 0.15) is 21.5 Å². The van der Waals surface area contributed by atoms with E-state index in [0.717, 1.165) is 12.0 Å². The van der Waals surface area contributed by atoms with Gasteiger partial charge in [0.25, 0.3) is 0 Å². The molecule has 4 heteroatoms. The number of thioether (sulfide) groups is 2. The molecule has 1 aliphatic rings. The minimum Gasteiger partial charge on any atom is -0.478 e. The Hall–Kier alpha value is -0.610. The summed E-state index contributed by atoms with van der Waals surface area (Å²) in [7, 11) is 0. The van der Waals surface area contributed by atoms with Gasteiger partial charge in [0.05, 0.1) is 10.1 Å². The fourth-order valence-corrected chi connectivity index (χ4v) is 3.90. The first-order chi connectivity index (χ1) is 7.13. The summed E-state index contributed by atoms with van der Waals surface area (Å²) in [5, 5.41) is 9.01. The molecule has 2 rings (SSSR count). The summed E-state index contributed by atoms with van der Waals surface area (Å²) >= 11 is 3.67. The molecule has 0 radical (unpaired) electrons. The van der Waals surface area contributed by atoms with E-state index in [9.17, 15) is 4.79 Å². The summed E-state index contributed by atoms with van der Waals surface area (Å²) in [6.45, 7) is 1.91. The molecular formula is C11H12O2S2. The van der Waals surface area contributed by atoms with Crippen molar-refractivity contribution in [2.45, 2.75) is 22.8 Å². The first kappa shape index (κ1) is 10.9. The van der Waals surface area contributed by atoms with Crippen LogP contribution >= 0.6 is 23.5 Å². The predicted octanol–water partition coefficient (Wildman–Crippen LogP) is 3.03. The lowest BCUT2D eigenvalue weighted by Crippen LogP contribution is -2.03. The highest BCUT2D eigenvalue weighted by molar-refractivity contribution is 8.17. The number of hydrogen-bond acceptors (Lipinski definition) is 3.